The van der Waals surface area contributed by atoms with Crippen molar-refractivity contribution in [1.29, 1.82) is 0 Å². The number of amides is 1. The maximum Gasteiger partial charge on any atom is 0.295 e. The quantitative estimate of drug-likeness (QED) is 0.323. The molecule has 2 aromatic carbocycles. The standard InChI is InChI=1S/C29H38N2O4/c1-7-21-9-11-22(12-10-21)26-25(28(33)29(34)31(26)16-8-15-30(5)6)27(32)23-13-14-24(20(4)17-23)35-18-19(2)3/h9-14,17,19,26,32H,7-8,15-16,18H2,1-6H3. The van der Waals surface area contributed by atoms with Gasteiger partial charge in [-0.05, 0) is 53.6 Å². The molecule has 1 aliphatic heterocycles. The number of hydrogen-bond donors (Lipinski definition) is 1. The van der Waals surface area contributed by atoms with Crippen molar-refractivity contribution in [2.24, 2.45) is 5.92 Å². The molecular weight excluding hydrogens is 440 g/mol. The molecular formula is C29H38N2O4. The van der Waals surface area contributed by atoms with Crippen LogP contribution in [-0.4, -0.2) is 50.4 Å². The van der Waals surface area contributed by atoms with Gasteiger partial charge >= 0.3 is 0 Å². The molecule has 0 spiro atoms. The van der Waals surface area contributed by atoms with Crippen molar-refractivity contribution >= 4 is 17.4 Å². The Kier molecular flexibility index (Phi) is 8.73. The molecule has 6 nitrogen and oxygen atoms in total. The fourth-order valence-corrected chi connectivity index (χ4v) is 4.35. The molecule has 1 fully saturated rings. The second-order valence-corrected chi connectivity index (χ2v) is 10.1. The lowest BCUT2D eigenvalue weighted by atomic mass is 9.94. The average molecular weight is 479 g/mol. The van der Waals surface area contributed by atoms with Crippen LogP contribution in [-0.2, 0) is 16.0 Å². The minimum Gasteiger partial charge on any atom is -0.872 e. The number of hydrogen-bond acceptors (Lipinski definition) is 4. The summed E-state index contributed by atoms with van der Waals surface area (Å²) in [7, 11) is 4.10. The van der Waals surface area contributed by atoms with Crippen LogP contribution in [0.25, 0.3) is 5.76 Å². The maximum absolute atomic E-state index is 13.7. The van der Waals surface area contributed by atoms with Gasteiger partial charge in [-0.25, -0.2) is 0 Å². The number of ether oxygens (including phenoxy) is 1. The molecule has 3 rings (SSSR count). The smallest absolute Gasteiger partial charge is 0.295 e. The van der Waals surface area contributed by atoms with Crippen molar-refractivity contribution in [2.45, 2.75) is 46.6 Å². The van der Waals surface area contributed by atoms with Crippen molar-refractivity contribution in [1.82, 2.24) is 4.90 Å². The normalized spacial score (nSPS) is 17.6. The first-order valence-electron chi connectivity index (χ1n) is 12.5. The molecule has 35 heavy (non-hydrogen) atoms. The van der Waals surface area contributed by atoms with Crippen LogP contribution in [0.3, 0.4) is 0 Å². The third kappa shape index (κ3) is 6.12. The first-order valence-corrected chi connectivity index (χ1v) is 12.5. The van der Waals surface area contributed by atoms with Gasteiger partial charge in [-0.1, -0.05) is 56.9 Å². The number of quaternary nitrogens is 1. The number of likely N-dealkylation sites (tertiary alicyclic amines) is 1. The van der Waals surface area contributed by atoms with Crippen molar-refractivity contribution in [3.63, 3.8) is 0 Å². The second kappa shape index (κ2) is 11.5. The first-order chi connectivity index (χ1) is 16.6. The summed E-state index contributed by atoms with van der Waals surface area (Å²) in [6.45, 7) is 9.98. The van der Waals surface area contributed by atoms with E-state index in [0.29, 0.717) is 30.4 Å². The molecule has 1 atom stereocenters. The number of nitrogens with zero attached hydrogens (tertiary/aromatic N) is 1. The molecule has 0 bridgehead atoms. The molecule has 1 amide bonds. The highest BCUT2D eigenvalue weighted by molar-refractivity contribution is 6.46. The minimum atomic E-state index is -0.699. The van der Waals surface area contributed by atoms with Gasteiger partial charge < -0.3 is 19.6 Å². The molecule has 1 saturated heterocycles. The van der Waals surface area contributed by atoms with Crippen molar-refractivity contribution in [3.8, 4) is 5.75 Å². The highest BCUT2D eigenvalue weighted by atomic mass is 16.5. The van der Waals surface area contributed by atoms with E-state index in [0.717, 1.165) is 36.1 Å². The molecule has 1 aliphatic rings. The number of ketones is 1. The van der Waals surface area contributed by atoms with Crippen LogP contribution >= 0.6 is 0 Å². The zero-order valence-electron chi connectivity index (χ0n) is 21.8. The van der Waals surface area contributed by atoms with E-state index >= 15 is 0 Å². The number of Topliss-reactive ketones (excluding diaryl/α,β-unsaturated/α-hetero) is 1. The van der Waals surface area contributed by atoms with E-state index in [1.807, 2.05) is 31.2 Å². The third-order valence-electron chi connectivity index (χ3n) is 6.32. The predicted octanol–water partition coefficient (Wildman–Crippen LogP) is 2.35. The molecule has 2 aromatic rings. The Balaban J connectivity index is 2.04. The fourth-order valence-electron chi connectivity index (χ4n) is 4.35. The van der Waals surface area contributed by atoms with Crippen LogP contribution in [0, 0.1) is 12.8 Å². The van der Waals surface area contributed by atoms with Crippen LogP contribution in [0.15, 0.2) is 48.0 Å². The van der Waals surface area contributed by atoms with Gasteiger partial charge in [-0.15, -0.1) is 0 Å². The summed E-state index contributed by atoms with van der Waals surface area (Å²) in [6, 6.07) is 12.4. The van der Waals surface area contributed by atoms with E-state index in [2.05, 4.69) is 34.9 Å². The molecule has 0 aliphatic carbocycles. The Morgan fingerprint density at radius 1 is 1.11 bits per heavy atom. The molecule has 188 valence electrons. The molecule has 0 aromatic heterocycles. The Hall–Kier alpha value is -3.12. The van der Waals surface area contributed by atoms with Crippen molar-refractivity contribution in [3.05, 3.63) is 70.3 Å². The average Bonchev–Trinajstić information content (AvgIpc) is 3.07. The van der Waals surface area contributed by atoms with E-state index in [-0.39, 0.29) is 5.57 Å². The summed E-state index contributed by atoms with van der Waals surface area (Å²) in [5.74, 6) is -0.594. The van der Waals surface area contributed by atoms with Gasteiger partial charge in [0, 0.05) is 18.5 Å². The summed E-state index contributed by atoms with van der Waals surface area (Å²) >= 11 is 0. The number of rotatable bonds is 10. The van der Waals surface area contributed by atoms with Crippen molar-refractivity contribution < 1.29 is 24.3 Å². The largest absolute Gasteiger partial charge is 0.872 e. The highest BCUT2D eigenvalue weighted by Crippen LogP contribution is 2.39. The zero-order chi connectivity index (χ0) is 25.7. The van der Waals surface area contributed by atoms with E-state index in [4.69, 9.17) is 4.74 Å². The monoisotopic (exact) mass is 478 g/mol. The van der Waals surface area contributed by atoms with E-state index in [1.165, 1.54) is 4.90 Å². The molecule has 1 unspecified atom stereocenters. The summed E-state index contributed by atoms with van der Waals surface area (Å²) in [5, 5.41) is 13.7. The molecule has 6 heteroatoms. The lowest BCUT2D eigenvalue weighted by molar-refractivity contribution is -0.858. The summed E-state index contributed by atoms with van der Waals surface area (Å²) in [5.41, 5.74) is 3.20. The van der Waals surface area contributed by atoms with E-state index in [1.54, 1.807) is 23.1 Å². The number of carbonyl (C=O) groups excluding carboxylic acids is 2. The zero-order valence-corrected chi connectivity index (χ0v) is 21.8. The van der Waals surface area contributed by atoms with Gasteiger partial charge in [0.1, 0.15) is 5.75 Å². The number of carbonyl (C=O) groups is 2. The lowest BCUT2D eigenvalue weighted by Crippen LogP contribution is -3.05. The van der Waals surface area contributed by atoms with Crippen LogP contribution in [0.5, 0.6) is 5.75 Å². The van der Waals surface area contributed by atoms with Crippen LogP contribution in [0.2, 0.25) is 0 Å². The highest BCUT2D eigenvalue weighted by Gasteiger charge is 2.43. The second-order valence-electron chi connectivity index (χ2n) is 10.1. The van der Waals surface area contributed by atoms with Gasteiger partial charge in [0.15, 0.2) is 0 Å². The van der Waals surface area contributed by atoms with Gasteiger partial charge in [-0.2, -0.15) is 0 Å². The van der Waals surface area contributed by atoms with Gasteiger partial charge in [0.05, 0.1) is 33.3 Å². The van der Waals surface area contributed by atoms with E-state index < -0.39 is 23.5 Å². The minimum absolute atomic E-state index is 0.0340. The Bertz CT molecular complexity index is 1090. The van der Waals surface area contributed by atoms with Crippen LogP contribution in [0.4, 0.5) is 0 Å². The van der Waals surface area contributed by atoms with Crippen LogP contribution < -0.4 is 14.7 Å². The number of aryl methyl sites for hydroxylation is 2. The molecule has 0 saturated carbocycles. The lowest BCUT2D eigenvalue weighted by Gasteiger charge is -2.28. The summed E-state index contributed by atoms with van der Waals surface area (Å²) in [6.07, 6.45) is 1.63. The van der Waals surface area contributed by atoms with E-state index in [9.17, 15) is 14.7 Å². The summed E-state index contributed by atoms with van der Waals surface area (Å²) in [4.78, 5) is 29.1. The van der Waals surface area contributed by atoms with Crippen LogP contribution in [0.1, 0.15) is 55.5 Å². The Morgan fingerprint density at radius 3 is 2.37 bits per heavy atom. The topological polar surface area (TPSA) is 74.1 Å². The SMILES string of the molecule is CCc1ccc(C2C(=C([O-])c3ccc(OCC(C)C)c(C)c3)C(=O)C(=O)N2CCC[NH+](C)C)cc1. The maximum atomic E-state index is 13.7. The predicted molar refractivity (Wildman–Crippen MR) is 136 cm³/mol. The van der Waals surface area contributed by atoms with Gasteiger partial charge in [0.2, 0.25) is 5.78 Å². The molecule has 1 N–H and O–H groups in total. The van der Waals surface area contributed by atoms with Gasteiger partial charge in [0.25, 0.3) is 5.91 Å². The molecule has 1 heterocycles. The molecule has 0 radical (unpaired) electrons. The van der Waals surface area contributed by atoms with Gasteiger partial charge in [-0.3, -0.25) is 9.59 Å². The van der Waals surface area contributed by atoms with Crippen molar-refractivity contribution in [2.75, 3.05) is 33.8 Å². The summed E-state index contributed by atoms with van der Waals surface area (Å²) < 4.78 is 5.84. The Labute approximate surface area is 209 Å². The Morgan fingerprint density at radius 2 is 1.80 bits per heavy atom. The third-order valence-corrected chi connectivity index (χ3v) is 6.32. The number of nitrogens with one attached hydrogen (secondary N) is 1. The number of benzene rings is 2. The first kappa shape index (κ1) is 26.5. The fraction of sp³-hybridized carbons (Fsp3) is 0.448.